The van der Waals surface area contributed by atoms with Gasteiger partial charge < -0.3 is 4.74 Å². The summed E-state index contributed by atoms with van der Waals surface area (Å²) in [6.45, 7) is 4.39. The van der Waals surface area contributed by atoms with Crippen LogP contribution in [0.3, 0.4) is 0 Å². The zero-order valence-corrected chi connectivity index (χ0v) is 10.3. The van der Waals surface area contributed by atoms with Gasteiger partial charge in [-0.1, -0.05) is 33.1 Å². The lowest BCUT2D eigenvalue weighted by Crippen LogP contribution is -2.52. The lowest BCUT2D eigenvalue weighted by atomic mass is 9.80. The van der Waals surface area contributed by atoms with Crippen LogP contribution in [0.4, 0.5) is 0 Å². The lowest BCUT2D eigenvalue weighted by molar-refractivity contribution is 0.00840. The minimum absolute atomic E-state index is 0.234. The van der Waals surface area contributed by atoms with E-state index in [4.69, 9.17) is 10.6 Å². The van der Waals surface area contributed by atoms with Crippen molar-refractivity contribution in [3.63, 3.8) is 0 Å². The van der Waals surface area contributed by atoms with E-state index in [1.54, 1.807) is 7.11 Å². The molecule has 3 nitrogen and oxygen atoms in total. The van der Waals surface area contributed by atoms with Crippen LogP contribution in [0.15, 0.2) is 0 Å². The molecule has 1 fully saturated rings. The molecule has 3 heteroatoms. The van der Waals surface area contributed by atoms with Gasteiger partial charge in [-0.3, -0.25) is 11.3 Å². The predicted octanol–water partition coefficient (Wildman–Crippen LogP) is 2.07. The fourth-order valence-electron chi connectivity index (χ4n) is 2.83. The quantitative estimate of drug-likeness (QED) is 0.544. The monoisotopic (exact) mass is 214 g/mol. The first-order valence-corrected chi connectivity index (χ1v) is 6.19. The van der Waals surface area contributed by atoms with Gasteiger partial charge in [0, 0.05) is 7.11 Å². The van der Waals surface area contributed by atoms with E-state index < -0.39 is 0 Å². The van der Waals surface area contributed by atoms with E-state index in [1.165, 1.54) is 32.1 Å². The Labute approximate surface area is 93.7 Å². The van der Waals surface area contributed by atoms with Crippen LogP contribution >= 0.6 is 0 Å². The lowest BCUT2D eigenvalue weighted by Gasteiger charge is -2.36. The van der Waals surface area contributed by atoms with E-state index in [2.05, 4.69) is 19.3 Å². The molecular weight excluding hydrogens is 188 g/mol. The third-order valence-corrected chi connectivity index (χ3v) is 3.63. The minimum Gasteiger partial charge on any atom is -0.380 e. The van der Waals surface area contributed by atoms with Gasteiger partial charge in [0.2, 0.25) is 0 Å². The van der Waals surface area contributed by atoms with Crippen LogP contribution in [0.1, 0.15) is 46.0 Å². The number of methoxy groups -OCH3 is 1. The molecule has 0 spiro atoms. The summed E-state index contributed by atoms with van der Waals surface area (Å²) in [5, 5.41) is 0. The number of nitrogens with two attached hydrogens (primary N) is 1. The zero-order valence-electron chi connectivity index (χ0n) is 10.3. The Kier molecular flexibility index (Phi) is 5.58. The summed E-state index contributed by atoms with van der Waals surface area (Å²) < 4.78 is 5.58. The fraction of sp³-hybridized carbons (Fsp3) is 1.00. The second kappa shape index (κ2) is 6.46. The molecule has 0 radical (unpaired) electrons. The summed E-state index contributed by atoms with van der Waals surface area (Å²) in [7, 11) is 1.79. The molecular formula is C12H26N2O. The molecule has 2 unspecified atom stereocenters. The van der Waals surface area contributed by atoms with Crippen LogP contribution in [0, 0.1) is 11.8 Å². The van der Waals surface area contributed by atoms with Gasteiger partial charge in [-0.15, -0.1) is 0 Å². The predicted molar refractivity (Wildman–Crippen MR) is 63.3 cm³/mol. The second-order valence-corrected chi connectivity index (χ2v) is 5.03. The highest BCUT2D eigenvalue weighted by atomic mass is 16.5. The first-order chi connectivity index (χ1) is 7.20. The summed E-state index contributed by atoms with van der Waals surface area (Å²) in [5.74, 6) is 6.89. The van der Waals surface area contributed by atoms with Crippen molar-refractivity contribution in [1.82, 2.24) is 5.43 Å². The highest BCUT2D eigenvalue weighted by Gasteiger charge is 2.31. The maximum atomic E-state index is 5.69. The molecule has 0 bridgehead atoms. The van der Waals surface area contributed by atoms with Crippen molar-refractivity contribution >= 4 is 0 Å². The molecule has 1 rings (SSSR count). The SMILES string of the molecule is COC(C(C)C)C(NN)C1CCCCC1. The van der Waals surface area contributed by atoms with E-state index in [-0.39, 0.29) is 6.10 Å². The third kappa shape index (κ3) is 3.44. The van der Waals surface area contributed by atoms with Gasteiger partial charge in [0.1, 0.15) is 0 Å². The minimum atomic E-state index is 0.234. The molecule has 1 aliphatic carbocycles. The van der Waals surface area contributed by atoms with Crippen molar-refractivity contribution in [3.05, 3.63) is 0 Å². The standard InChI is InChI=1S/C12H26N2O/c1-9(2)12(15-3)11(14-13)10-7-5-4-6-8-10/h9-12,14H,4-8,13H2,1-3H3. The van der Waals surface area contributed by atoms with Gasteiger partial charge in [0.15, 0.2) is 0 Å². The van der Waals surface area contributed by atoms with Crippen molar-refractivity contribution in [2.75, 3.05) is 7.11 Å². The molecule has 1 saturated carbocycles. The van der Waals surface area contributed by atoms with Crippen LogP contribution in [-0.2, 0) is 4.74 Å². The summed E-state index contributed by atoms with van der Waals surface area (Å²) in [6, 6.07) is 0.315. The van der Waals surface area contributed by atoms with Crippen molar-refractivity contribution in [3.8, 4) is 0 Å². The second-order valence-electron chi connectivity index (χ2n) is 5.03. The van der Waals surface area contributed by atoms with Crippen LogP contribution in [0.25, 0.3) is 0 Å². The fourth-order valence-corrected chi connectivity index (χ4v) is 2.83. The number of ether oxygens (including phenoxy) is 1. The molecule has 0 aliphatic heterocycles. The summed E-state index contributed by atoms with van der Waals surface area (Å²) in [6.07, 6.45) is 6.89. The maximum Gasteiger partial charge on any atom is 0.0763 e. The Bertz CT molecular complexity index is 167. The average Bonchev–Trinajstić information content (AvgIpc) is 2.26. The Morgan fingerprint density at radius 2 is 1.80 bits per heavy atom. The summed E-state index contributed by atoms with van der Waals surface area (Å²) in [4.78, 5) is 0. The molecule has 0 amide bonds. The smallest absolute Gasteiger partial charge is 0.0763 e. The number of rotatable bonds is 5. The third-order valence-electron chi connectivity index (χ3n) is 3.63. The number of nitrogens with one attached hydrogen (secondary N) is 1. The Hall–Kier alpha value is -0.120. The number of hydrogen-bond acceptors (Lipinski definition) is 3. The molecule has 0 aromatic heterocycles. The Balaban J connectivity index is 2.58. The summed E-state index contributed by atoms with van der Waals surface area (Å²) in [5.41, 5.74) is 2.98. The average molecular weight is 214 g/mol. The summed E-state index contributed by atoms with van der Waals surface area (Å²) >= 11 is 0. The largest absolute Gasteiger partial charge is 0.380 e. The highest BCUT2D eigenvalue weighted by molar-refractivity contribution is 4.85. The van der Waals surface area contributed by atoms with E-state index in [0.717, 1.165) is 0 Å². The van der Waals surface area contributed by atoms with E-state index in [0.29, 0.717) is 17.9 Å². The van der Waals surface area contributed by atoms with Gasteiger partial charge in [-0.05, 0) is 24.7 Å². The number of hydrazine groups is 1. The Morgan fingerprint density at radius 1 is 1.20 bits per heavy atom. The first-order valence-electron chi connectivity index (χ1n) is 6.19. The molecule has 0 aromatic rings. The molecule has 3 N–H and O–H groups in total. The zero-order chi connectivity index (χ0) is 11.3. The van der Waals surface area contributed by atoms with E-state index >= 15 is 0 Å². The van der Waals surface area contributed by atoms with Crippen molar-refractivity contribution < 1.29 is 4.74 Å². The van der Waals surface area contributed by atoms with Crippen LogP contribution in [0.5, 0.6) is 0 Å². The topological polar surface area (TPSA) is 47.3 Å². The maximum absolute atomic E-state index is 5.69. The van der Waals surface area contributed by atoms with Crippen molar-refractivity contribution in [1.29, 1.82) is 0 Å². The van der Waals surface area contributed by atoms with E-state index in [9.17, 15) is 0 Å². The van der Waals surface area contributed by atoms with Gasteiger partial charge in [0.05, 0.1) is 12.1 Å². The molecule has 2 atom stereocenters. The first kappa shape index (κ1) is 12.9. The molecule has 0 aromatic carbocycles. The highest BCUT2D eigenvalue weighted by Crippen LogP contribution is 2.29. The van der Waals surface area contributed by atoms with Crippen LogP contribution in [-0.4, -0.2) is 19.3 Å². The van der Waals surface area contributed by atoms with Gasteiger partial charge in [0.25, 0.3) is 0 Å². The van der Waals surface area contributed by atoms with Gasteiger partial charge in [-0.2, -0.15) is 0 Å². The molecule has 0 heterocycles. The number of hydrogen-bond donors (Lipinski definition) is 2. The molecule has 15 heavy (non-hydrogen) atoms. The molecule has 90 valence electrons. The normalized spacial score (nSPS) is 23.0. The van der Waals surface area contributed by atoms with Crippen molar-refractivity contribution in [2.45, 2.75) is 58.1 Å². The van der Waals surface area contributed by atoms with Crippen molar-refractivity contribution in [2.24, 2.45) is 17.7 Å². The van der Waals surface area contributed by atoms with Gasteiger partial charge in [-0.25, -0.2) is 0 Å². The Morgan fingerprint density at radius 3 is 2.20 bits per heavy atom. The van der Waals surface area contributed by atoms with Gasteiger partial charge >= 0.3 is 0 Å². The molecule has 1 aliphatic rings. The van der Waals surface area contributed by atoms with E-state index in [1.807, 2.05) is 0 Å². The molecule has 0 saturated heterocycles. The van der Waals surface area contributed by atoms with Crippen LogP contribution in [0.2, 0.25) is 0 Å². The van der Waals surface area contributed by atoms with Crippen LogP contribution < -0.4 is 11.3 Å².